The maximum absolute atomic E-state index is 12.6. The van der Waals surface area contributed by atoms with Gasteiger partial charge in [-0.25, -0.2) is 0 Å². The van der Waals surface area contributed by atoms with Crippen LogP contribution < -0.4 is 5.32 Å². The second-order valence-corrected chi connectivity index (χ2v) is 5.55. The summed E-state index contributed by atoms with van der Waals surface area (Å²) in [5.74, 6) is 0.191. The van der Waals surface area contributed by atoms with E-state index in [1.165, 1.54) is 6.42 Å². The van der Waals surface area contributed by atoms with E-state index < -0.39 is 5.54 Å². The van der Waals surface area contributed by atoms with E-state index in [1.807, 2.05) is 11.8 Å². The highest BCUT2D eigenvalue weighted by Gasteiger charge is 2.40. The molecule has 2 aliphatic heterocycles. The Kier molecular flexibility index (Phi) is 4.05. The number of rotatable bonds is 2. The first-order valence-corrected chi connectivity index (χ1v) is 6.84. The van der Waals surface area contributed by atoms with Crippen molar-refractivity contribution in [2.75, 3.05) is 19.7 Å². The number of hydrogen-bond donors (Lipinski definition) is 2. The lowest BCUT2D eigenvalue weighted by Gasteiger charge is -2.35. The minimum Gasteiger partial charge on any atom is -0.394 e. The molecule has 2 fully saturated rings. The second-order valence-electron chi connectivity index (χ2n) is 5.55. The number of amides is 1. The van der Waals surface area contributed by atoms with E-state index in [2.05, 4.69) is 5.32 Å². The fourth-order valence-electron chi connectivity index (χ4n) is 3.03. The Morgan fingerprint density at radius 2 is 2.24 bits per heavy atom. The van der Waals surface area contributed by atoms with Gasteiger partial charge in [-0.3, -0.25) is 4.79 Å². The Morgan fingerprint density at radius 1 is 1.41 bits per heavy atom. The van der Waals surface area contributed by atoms with Gasteiger partial charge in [-0.15, -0.1) is 0 Å². The van der Waals surface area contributed by atoms with Gasteiger partial charge in [0.2, 0.25) is 5.91 Å². The van der Waals surface area contributed by atoms with Gasteiger partial charge in [0, 0.05) is 6.54 Å². The van der Waals surface area contributed by atoms with Gasteiger partial charge in [-0.05, 0) is 39.2 Å². The standard InChI is InChI=1S/C13H24N2O2/c1-13(7-5-8-14-13)12(17)15-9-4-2-3-6-11(15)10-16/h11,14,16H,2-10H2,1H3. The predicted octanol–water partition coefficient (Wildman–Crippen LogP) is 0.892. The summed E-state index contributed by atoms with van der Waals surface area (Å²) in [6.07, 6.45) is 6.29. The van der Waals surface area contributed by atoms with Gasteiger partial charge < -0.3 is 15.3 Å². The highest BCUT2D eigenvalue weighted by Crippen LogP contribution is 2.25. The fraction of sp³-hybridized carbons (Fsp3) is 0.923. The van der Waals surface area contributed by atoms with Crippen molar-refractivity contribution in [3.63, 3.8) is 0 Å². The summed E-state index contributed by atoms with van der Waals surface area (Å²) in [4.78, 5) is 14.5. The zero-order valence-corrected chi connectivity index (χ0v) is 10.7. The van der Waals surface area contributed by atoms with E-state index in [9.17, 15) is 9.90 Å². The molecule has 17 heavy (non-hydrogen) atoms. The minimum absolute atomic E-state index is 0.0317. The summed E-state index contributed by atoms with van der Waals surface area (Å²) < 4.78 is 0. The van der Waals surface area contributed by atoms with Crippen LogP contribution in [0.3, 0.4) is 0 Å². The van der Waals surface area contributed by atoms with Crippen molar-refractivity contribution in [3.05, 3.63) is 0 Å². The summed E-state index contributed by atoms with van der Waals surface area (Å²) in [7, 11) is 0. The van der Waals surface area contributed by atoms with Crippen LogP contribution >= 0.6 is 0 Å². The number of nitrogens with zero attached hydrogens (tertiary/aromatic N) is 1. The smallest absolute Gasteiger partial charge is 0.242 e. The molecule has 2 atom stereocenters. The van der Waals surface area contributed by atoms with Crippen molar-refractivity contribution in [2.45, 2.75) is 57.0 Å². The number of carbonyl (C=O) groups excluding carboxylic acids is 1. The van der Waals surface area contributed by atoms with Crippen LogP contribution in [0.2, 0.25) is 0 Å². The number of likely N-dealkylation sites (tertiary alicyclic amines) is 1. The average molecular weight is 240 g/mol. The first-order chi connectivity index (χ1) is 8.17. The van der Waals surface area contributed by atoms with Gasteiger partial charge in [0.25, 0.3) is 0 Å². The van der Waals surface area contributed by atoms with Crippen LogP contribution in [0.5, 0.6) is 0 Å². The molecule has 0 aliphatic carbocycles. The molecular weight excluding hydrogens is 216 g/mol. The third-order valence-corrected chi connectivity index (χ3v) is 4.19. The molecule has 4 nitrogen and oxygen atoms in total. The molecule has 2 unspecified atom stereocenters. The highest BCUT2D eigenvalue weighted by atomic mass is 16.3. The first kappa shape index (κ1) is 12.8. The van der Waals surface area contributed by atoms with Crippen molar-refractivity contribution < 1.29 is 9.90 Å². The second kappa shape index (κ2) is 5.36. The van der Waals surface area contributed by atoms with E-state index >= 15 is 0 Å². The molecule has 1 amide bonds. The first-order valence-electron chi connectivity index (χ1n) is 6.84. The molecule has 0 radical (unpaired) electrons. The lowest BCUT2D eigenvalue weighted by molar-refractivity contribution is -0.140. The number of hydrogen-bond acceptors (Lipinski definition) is 3. The van der Waals surface area contributed by atoms with Gasteiger partial charge in [-0.2, -0.15) is 0 Å². The molecular formula is C13H24N2O2. The third-order valence-electron chi connectivity index (χ3n) is 4.19. The van der Waals surface area contributed by atoms with Crippen LogP contribution in [-0.4, -0.2) is 47.2 Å². The molecule has 2 N–H and O–H groups in total. The van der Waals surface area contributed by atoms with Gasteiger partial charge in [-0.1, -0.05) is 12.8 Å². The number of carbonyl (C=O) groups is 1. The number of aliphatic hydroxyl groups is 1. The van der Waals surface area contributed by atoms with Crippen LogP contribution in [0, 0.1) is 0 Å². The van der Waals surface area contributed by atoms with Gasteiger partial charge in [0.15, 0.2) is 0 Å². The Hall–Kier alpha value is -0.610. The Labute approximate surface area is 103 Å². The highest BCUT2D eigenvalue weighted by molar-refractivity contribution is 5.86. The van der Waals surface area contributed by atoms with Crippen LogP contribution in [0.4, 0.5) is 0 Å². The molecule has 2 saturated heterocycles. The minimum atomic E-state index is -0.391. The molecule has 98 valence electrons. The molecule has 0 bridgehead atoms. The maximum Gasteiger partial charge on any atom is 0.242 e. The van der Waals surface area contributed by atoms with E-state index in [1.54, 1.807) is 0 Å². The largest absolute Gasteiger partial charge is 0.394 e. The summed E-state index contributed by atoms with van der Waals surface area (Å²) in [5, 5.41) is 12.8. The molecule has 0 saturated carbocycles. The van der Waals surface area contributed by atoms with Crippen molar-refractivity contribution in [1.29, 1.82) is 0 Å². The van der Waals surface area contributed by atoms with E-state index in [-0.39, 0.29) is 18.6 Å². The van der Waals surface area contributed by atoms with Gasteiger partial charge in [0.05, 0.1) is 18.2 Å². The topological polar surface area (TPSA) is 52.6 Å². The summed E-state index contributed by atoms with van der Waals surface area (Å²) >= 11 is 0. The third kappa shape index (κ3) is 2.63. The normalized spacial score (nSPS) is 34.7. The Morgan fingerprint density at radius 3 is 2.88 bits per heavy atom. The lowest BCUT2D eigenvalue weighted by atomic mass is 9.97. The van der Waals surface area contributed by atoms with Crippen molar-refractivity contribution in [2.24, 2.45) is 0 Å². The Bertz CT molecular complexity index is 275. The molecule has 2 heterocycles. The van der Waals surface area contributed by atoms with Crippen LogP contribution in [0.25, 0.3) is 0 Å². The number of aliphatic hydroxyl groups excluding tert-OH is 1. The van der Waals surface area contributed by atoms with E-state index in [0.29, 0.717) is 0 Å². The molecule has 0 aromatic rings. The molecule has 2 aliphatic rings. The monoisotopic (exact) mass is 240 g/mol. The summed E-state index contributed by atoms with van der Waals surface area (Å²) in [6.45, 7) is 3.84. The molecule has 0 spiro atoms. The molecule has 0 aromatic carbocycles. The maximum atomic E-state index is 12.6. The summed E-state index contributed by atoms with van der Waals surface area (Å²) in [5.41, 5.74) is -0.391. The predicted molar refractivity (Wildman–Crippen MR) is 66.7 cm³/mol. The summed E-state index contributed by atoms with van der Waals surface area (Å²) in [6, 6.07) is 0.0317. The lowest BCUT2D eigenvalue weighted by Crippen LogP contribution is -2.56. The van der Waals surface area contributed by atoms with Gasteiger partial charge in [0.1, 0.15) is 0 Å². The number of nitrogens with one attached hydrogen (secondary N) is 1. The Balaban J connectivity index is 2.09. The van der Waals surface area contributed by atoms with Gasteiger partial charge >= 0.3 is 0 Å². The van der Waals surface area contributed by atoms with Crippen molar-refractivity contribution in [1.82, 2.24) is 10.2 Å². The zero-order chi connectivity index (χ0) is 12.3. The van der Waals surface area contributed by atoms with E-state index in [4.69, 9.17) is 0 Å². The zero-order valence-electron chi connectivity index (χ0n) is 10.7. The van der Waals surface area contributed by atoms with E-state index in [0.717, 1.165) is 45.2 Å². The van der Waals surface area contributed by atoms with Crippen LogP contribution in [0.1, 0.15) is 45.4 Å². The average Bonchev–Trinajstić information content (AvgIpc) is 2.65. The molecule has 4 heteroatoms. The molecule has 2 rings (SSSR count). The van der Waals surface area contributed by atoms with Crippen molar-refractivity contribution in [3.8, 4) is 0 Å². The van der Waals surface area contributed by atoms with Crippen LogP contribution in [-0.2, 0) is 4.79 Å². The van der Waals surface area contributed by atoms with Crippen molar-refractivity contribution >= 4 is 5.91 Å². The fourth-order valence-corrected chi connectivity index (χ4v) is 3.03. The van der Waals surface area contributed by atoms with Crippen LogP contribution in [0.15, 0.2) is 0 Å². The molecule has 0 aromatic heterocycles. The quantitative estimate of drug-likeness (QED) is 0.754. The SMILES string of the molecule is CC1(C(=O)N2CCCCCC2CO)CCCN1.